The molecule has 0 saturated carbocycles. The minimum Gasteiger partial charge on any atom is -0.481 e. The molecule has 0 spiro atoms. The molecular formula is C20H26N2O4. The number of carbonyl (C=O) groups excluding carboxylic acids is 2. The zero-order valence-corrected chi connectivity index (χ0v) is 15.6. The van der Waals surface area contributed by atoms with Gasteiger partial charge in [-0.25, -0.2) is 0 Å². The maximum atomic E-state index is 12.9. The molecule has 2 fully saturated rings. The zero-order valence-electron chi connectivity index (χ0n) is 15.6. The molecule has 2 aliphatic rings. The van der Waals surface area contributed by atoms with E-state index < -0.39 is 17.8 Å². The smallest absolute Gasteiger partial charge is 0.308 e. The molecule has 26 heavy (non-hydrogen) atoms. The number of carbonyl (C=O) groups is 3. The lowest BCUT2D eigenvalue weighted by Crippen LogP contribution is -2.48. The first kappa shape index (κ1) is 18.4. The standard InChI is InChI=1S/C20H26N2O4/c1-12-7-16(20(25)26)10-21(9-12)19(24)15-8-18(23)22(11-15)17-6-4-5-13(2)14(17)3/h4-6,12,15-16H,7-11H2,1-3H3,(H,25,26). The predicted octanol–water partition coefficient (Wildman–Crippen LogP) is 2.23. The predicted molar refractivity (Wildman–Crippen MR) is 97.9 cm³/mol. The van der Waals surface area contributed by atoms with Gasteiger partial charge in [-0.15, -0.1) is 0 Å². The molecular weight excluding hydrogens is 332 g/mol. The molecule has 1 aromatic rings. The molecule has 6 heteroatoms. The van der Waals surface area contributed by atoms with E-state index in [1.807, 2.05) is 39.0 Å². The van der Waals surface area contributed by atoms with Crippen LogP contribution in [0.2, 0.25) is 0 Å². The molecule has 140 valence electrons. The summed E-state index contributed by atoms with van der Waals surface area (Å²) in [6.45, 7) is 7.13. The summed E-state index contributed by atoms with van der Waals surface area (Å²) in [5.41, 5.74) is 3.02. The van der Waals surface area contributed by atoms with Crippen LogP contribution in [0.15, 0.2) is 18.2 Å². The van der Waals surface area contributed by atoms with Gasteiger partial charge in [-0.1, -0.05) is 19.1 Å². The summed E-state index contributed by atoms with van der Waals surface area (Å²) in [4.78, 5) is 40.2. The molecule has 0 aliphatic carbocycles. The molecule has 3 unspecified atom stereocenters. The van der Waals surface area contributed by atoms with Gasteiger partial charge in [0.15, 0.2) is 0 Å². The Morgan fingerprint density at radius 3 is 2.54 bits per heavy atom. The number of likely N-dealkylation sites (tertiary alicyclic amines) is 1. The molecule has 2 saturated heterocycles. The van der Waals surface area contributed by atoms with Gasteiger partial charge in [0.1, 0.15) is 0 Å². The highest BCUT2D eigenvalue weighted by atomic mass is 16.4. The summed E-state index contributed by atoms with van der Waals surface area (Å²) >= 11 is 0. The Balaban J connectivity index is 1.75. The normalized spacial score (nSPS) is 26.3. The topological polar surface area (TPSA) is 77.9 Å². The van der Waals surface area contributed by atoms with Crippen LogP contribution in [-0.2, 0) is 14.4 Å². The van der Waals surface area contributed by atoms with E-state index >= 15 is 0 Å². The van der Waals surface area contributed by atoms with Crippen molar-refractivity contribution in [3.05, 3.63) is 29.3 Å². The number of carboxylic acid groups (broad SMARTS) is 1. The highest BCUT2D eigenvalue weighted by Crippen LogP contribution is 2.31. The van der Waals surface area contributed by atoms with Gasteiger partial charge < -0.3 is 14.9 Å². The molecule has 3 rings (SSSR count). The van der Waals surface area contributed by atoms with Gasteiger partial charge in [0.25, 0.3) is 0 Å². The third-order valence-electron chi connectivity index (χ3n) is 5.66. The van der Waals surface area contributed by atoms with Crippen LogP contribution < -0.4 is 4.90 Å². The van der Waals surface area contributed by atoms with Crippen LogP contribution in [0.25, 0.3) is 0 Å². The number of carboxylic acids is 1. The van der Waals surface area contributed by atoms with Gasteiger partial charge in [-0.05, 0) is 43.4 Å². The summed E-state index contributed by atoms with van der Waals surface area (Å²) in [5, 5.41) is 9.31. The number of anilines is 1. The molecule has 6 nitrogen and oxygen atoms in total. The first-order chi connectivity index (χ1) is 12.3. The van der Waals surface area contributed by atoms with E-state index in [4.69, 9.17) is 0 Å². The van der Waals surface area contributed by atoms with Crippen molar-refractivity contribution >= 4 is 23.5 Å². The number of rotatable bonds is 3. The lowest BCUT2D eigenvalue weighted by Gasteiger charge is -2.36. The highest BCUT2D eigenvalue weighted by Gasteiger charge is 2.40. The monoisotopic (exact) mass is 358 g/mol. The summed E-state index contributed by atoms with van der Waals surface area (Å²) in [7, 11) is 0. The Hall–Kier alpha value is -2.37. The quantitative estimate of drug-likeness (QED) is 0.899. The fraction of sp³-hybridized carbons (Fsp3) is 0.550. The van der Waals surface area contributed by atoms with E-state index in [2.05, 4.69) is 0 Å². The van der Waals surface area contributed by atoms with E-state index in [9.17, 15) is 19.5 Å². The first-order valence-corrected chi connectivity index (χ1v) is 9.16. The summed E-state index contributed by atoms with van der Waals surface area (Å²) < 4.78 is 0. The van der Waals surface area contributed by atoms with E-state index in [1.165, 1.54) is 0 Å². The molecule has 0 aromatic heterocycles. The van der Waals surface area contributed by atoms with Gasteiger partial charge in [0, 0.05) is 31.7 Å². The second-order valence-electron chi connectivity index (χ2n) is 7.74. The molecule has 3 atom stereocenters. The van der Waals surface area contributed by atoms with Gasteiger partial charge >= 0.3 is 5.97 Å². The lowest BCUT2D eigenvalue weighted by molar-refractivity contribution is -0.148. The molecule has 1 aromatic carbocycles. The minimum atomic E-state index is -0.853. The van der Waals surface area contributed by atoms with Crippen LogP contribution in [-0.4, -0.2) is 47.4 Å². The number of aryl methyl sites for hydroxylation is 1. The van der Waals surface area contributed by atoms with Gasteiger partial charge in [0.05, 0.1) is 11.8 Å². The van der Waals surface area contributed by atoms with Crippen LogP contribution in [0.5, 0.6) is 0 Å². The summed E-state index contributed by atoms with van der Waals surface area (Å²) in [5.74, 6) is -1.76. The van der Waals surface area contributed by atoms with Crippen LogP contribution in [0.3, 0.4) is 0 Å². The molecule has 2 heterocycles. The number of piperidine rings is 1. The van der Waals surface area contributed by atoms with E-state index in [0.29, 0.717) is 19.5 Å². The van der Waals surface area contributed by atoms with Crippen LogP contribution in [0.1, 0.15) is 30.9 Å². The van der Waals surface area contributed by atoms with Gasteiger partial charge in [-0.3, -0.25) is 14.4 Å². The average Bonchev–Trinajstić information content (AvgIpc) is 2.97. The number of benzene rings is 1. The average molecular weight is 358 g/mol. The van der Waals surface area contributed by atoms with E-state index in [-0.39, 0.29) is 30.7 Å². The number of amides is 2. The van der Waals surface area contributed by atoms with E-state index in [0.717, 1.165) is 16.8 Å². The number of nitrogens with zero attached hydrogens (tertiary/aromatic N) is 2. The third-order valence-corrected chi connectivity index (χ3v) is 5.66. The highest BCUT2D eigenvalue weighted by molar-refractivity contribution is 6.01. The molecule has 0 bridgehead atoms. The van der Waals surface area contributed by atoms with Crippen molar-refractivity contribution in [3.8, 4) is 0 Å². The molecule has 2 amide bonds. The lowest BCUT2D eigenvalue weighted by atomic mass is 9.89. The minimum absolute atomic E-state index is 0.0445. The second kappa shape index (κ2) is 7.09. The third kappa shape index (κ3) is 3.45. The summed E-state index contributed by atoms with van der Waals surface area (Å²) in [6.07, 6.45) is 0.784. The van der Waals surface area contributed by atoms with Gasteiger partial charge in [0.2, 0.25) is 11.8 Å². The maximum Gasteiger partial charge on any atom is 0.308 e. The van der Waals surface area contributed by atoms with Crippen molar-refractivity contribution in [1.82, 2.24) is 4.90 Å². The largest absolute Gasteiger partial charge is 0.481 e. The summed E-state index contributed by atoms with van der Waals surface area (Å²) in [6, 6.07) is 5.84. The van der Waals surface area contributed by atoms with Crippen molar-refractivity contribution in [1.29, 1.82) is 0 Å². The van der Waals surface area contributed by atoms with E-state index in [1.54, 1.807) is 9.80 Å². The fourth-order valence-corrected chi connectivity index (χ4v) is 4.10. The molecule has 1 N–H and O–H groups in total. The van der Waals surface area contributed by atoms with Gasteiger partial charge in [-0.2, -0.15) is 0 Å². The Kier molecular flexibility index (Phi) is 5.03. The van der Waals surface area contributed by atoms with Crippen molar-refractivity contribution in [2.24, 2.45) is 17.8 Å². The van der Waals surface area contributed by atoms with Crippen LogP contribution in [0, 0.1) is 31.6 Å². The number of aliphatic carboxylic acids is 1. The molecule has 2 aliphatic heterocycles. The Labute approximate surface area is 153 Å². The van der Waals surface area contributed by atoms with Crippen molar-refractivity contribution in [2.75, 3.05) is 24.5 Å². The Bertz CT molecular complexity index is 745. The molecule has 0 radical (unpaired) electrons. The van der Waals surface area contributed by atoms with Crippen molar-refractivity contribution in [3.63, 3.8) is 0 Å². The second-order valence-corrected chi connectivity index (χ2v) is 7.74. The first-order valence-electron chi connectivity index (χ1n) is 9.16. The number of hydrogen-bond acceptors (Lipinski definition) is 3. The number of hydrogen-bond donors (Lipinski definition) is 1. The Morgan fingerprint density at radius 1 is 1.12 bits per heavy atom. The fourth-order valence-electron chi connectivity index (χ4n) is 4.10. The Morgan fingerprint density at radius 2 is 1.85 bits per heavy atom. The van der Waals surface area contributed by atoms with Crippen molar-refractivity contribution < 1.29 is 19.5 Å². The SMILES string of the molecule is Cc1cccc(N2CC(C(=O)N3CC(C)CC(C(=O)O)C3)CC2=O)c1C. The van der Waals surface area contributed by atoms with Crippen molar-refractivity contribution in [2.45, 2.75) is 33.6 Å². The van der Waals surface area contributed by atoms with Crippen LogP contribution >= 0.6 is 0 Å². The zero-order chi connectivity index (χ0) is 19.0. The van der Waals surface area contributed by atoms with Crippen LogP contribution in [0.4, 0.5) is 5.69 Å². The maximum absolute atomic E-state index is 12.9.